The average molecular weight is 170 g/mol. The third kappa shape index (κ3) is 2.38. The van der Waals surface area contributed by atoms with Crippen LogP contribution >= 0.6 is 0 Å². The largest absolute Gasteiger partial charge is 0.545 e. The number of carboxylic acid groups (broad SMARTS) is 2. The van der Waals surface area contributed by atoms with Crippen LogP contribution in [0.1, 0.15) is 26.7 Å². The van der Waals surface area contributed by atoms with Crippen LogP contribution in [0, 0.1) is 0 Å². The lowest BCUT2D eigenvalue weighted by molar-refractivity contribution is -0.304. The maximum atomic E-state index is 10.4. The number of carboxylic acids is 2. The van der Waals surface area contributed by atoms with Crippen LogP contribution in [-0.4, -0.2) is 11.9 Å². The van der Waals surface area contributed by atoms with Crippen LogP contribution in [0.25, 0.3) is 0 Å². The van der Waals surface area contributed by atoms with Crippen molar-refractivity contribution in [1.29, 1.82) is 0 Å². The van der Waals surface area contributed by atoms with Crippen LogP contribution < -0.4 is 10.2 Å². The summed E-state index contributed by atoms with van der Waals surface area (Å²) in [6.07, 6.45) is 0.277. The van der Waals surface area contributed by atoms with Crippen molar-refractivity contribution in [3.05, 3.63) is 11.1 Å². The van der Waals surface area contributed by atoms with Crippen molar-refractivity contribution in [2.75, 3.05) is 0 Å². The molecule has 0 atom stereocenters. The van der Waals surface area contributed by atoms with Crippen LogP contribution in [0.4, 0.5) is 0 Å². The molecule has 0 saturated carbocycles. The predicted molar refractivity (Wildman–Crippen MR) is 37.6 cm³/mol. The standard InChI is InChI=1S/C8H12O4/c1-3-5(7(9)10)6(4-2)8(11)12/h3-4H2,1-2H3,(H,9,10)(H,11,12)/p-2. The molecule has 0 rings (SSSR count). The van der Waals surface area contributed by atoms with Gasteiger partial charge in [0.2, 0.25) is 0 Å². The van der Waals surface area contributed by atoms with Gasteiger partial charge in [-0.2, -0.15) is 0 Å². The van der Waals surface area contributed by atoms with Crippen LogP contribution in [0.3, 0.4) is 0 Å². The SMILES string of the molecule is CCC(C(=O)[O-])=C(CC)C(=O)[O-]. The minimum absolute atomic E-state index is 0.138. The van der Waals surface area contributed by atoms with Gasteiger partial charge in [0.05, 0.1) is 11.9 Å². The summed E-state index contributed by atoms with van der Waals surface area (Å²) >= 11 is 0. The summed E-state index contributed by atoms with van der Waals surface area (Å²) in [5.41, 5.74) is -0.366. The second-order valence-electron chi connectivity index (χ2n) is 2.24. The Balaban J connectivity index is 5.01. The van der Waals surface area contributed by atoms with Gasteiger partial charge in [0.25, 0.3) is 0 Å². The Kier molecular flexibility index (Phi) is 4.04. The lowest BCUT2D eigenvalue weighted by Gasteiger charge is -2.13. The fourth-order valence-corrected chi connectivity index (χ4v) is 0.962. The Morgan fingerprint density at radius 1 is 0.917 bits per heavy atom. The maximum absolute atomic E-state index is 10.4. The fraction of sp³-hybridized carbons (Fsp3) is 0.500. The summed E-state index contributed by atoms with van der Waals surface area (Å²) < 4.78 is 0. The normalized spacial score (nSPS) is 12.2. The van der Waals surface area contributed by atoms with Gasteiger partial charge >= 0.3 is 0 Å². The van der Waals surface area contributed by atoms with Crippen molar-refractivity contribution in [3.63, 3.8) is 0 Å². The molecule has 0 radical (unpaired) electrons. The lowest BCUT2D eigenvalue weighted by Crippen LogP contribution is -2.31. The molecule has 0 aliphatic carbocycles. The molecule has 0 unspecified atom stereocenters. The second kappa shape index (κ2) is 4.54. The van der Waals surface area contributed by atoms with E-state index in [2.05, 4.69) is 0 Å². The van der Waals surface area contributed by atoms with E-state index in [0.717, 1.165) is 0 Å². The van der Waals surface area contributed by atoms with Crippen LogP contribution in [0.15, 0.2) is 11.1 Å². The lowest BCUT2D eigenvalue weighted by atomic mass is 10.0. The molecule has 0 fully saturated rings. The molecule has 0 aromatic heterocycles. The van der Waals surface area contributed by atoms with Gasteiger partial charge in [0, 0.05) is 0 Å². The Labute approximate surface area is 70.5 Å². The highest BCUT2D eigenvalue weighted by atomic mass is 16.4. The minimum Gasteiger partial charge on any atom is -0.545 e. The van der Waals surface area contributed by atoms with Gasteiger partial charge in [-0.05, 0) is 24.0 Å². The quantitative estimate of drug-likeness (QED) is 0.486. The number of carbonyl (C=O) groups excluding carboxylic acids is 2. The molecule has 0 heterocycles. The first-order valence-electron chi connectivity index (χ1n) is 3.69. The zero-order valence-electron chi connectivity index (χ0n) is 7.05. The molecule has 0 aromatic carbocycles. The molecule has 0 N–H and O–H groups in total. The molecule has 0 saturated heterocycles. The van der Waals surface area contributed by atoms with Crippen molar-refractivity contribution >= 4 is 11.9 Å². The highest BCUT2D eigenvalue weighted by molar-refractivity contribution is 5.96. The van der Waals surface area contributed by atoms with Crippen LogP contribution in [0.2, 0.25) is 0 Å². The molecule has 0 aliphatic heterocycles. The summed E-state index contributed by atoms with van der Waals surface area (Å²) in [7, 11) is 0. The van der Waals surface area contributed by atoms with E-state index in [4.69, 9.17) is 0 Å². The van der Waals surface area contributed by atoms with Crippen molar-refractivity contribution < 1.29 is 19.8 Å². The number of aliphatic carboxylic acids is 2. The van der Waals surface area contributed by atoms with Crippen molar-refractivity contribution in [3.8, 4) is 0 Å². The van der Waals surface area contributed by atoms with E-state index in [1.54, 1.807) is 13.8 Å². The molecular weight excluding hydrogens is 160 g/mol. The highest BCUT2D eigenvalue weighted by Crippen LogP contribution is 2.10. The smallest absolute Gasteiger partial charge is 0.0678 e. The van der Waals surface area contributed by atoms with Gasteiger partial charge in [-0.1, -0.05) is 13.8 Å². The van der Waals surface area contributed by atoms with Gasteiger partial charge in [-0.3, -0.25) is 0 Å². The van der Waals surface area contributed by atoms with Crippen molar-refractivity contribution in [2.24, 2.45) is 0 Å². The molecule has 0 spiro atoms. The molecule has 0 bridgehead atoms. The Morgan fingerprint density at radius 2 is 1.17 bits per heavy atom. The molecule has 0 amide bonds. The zero-order valence-corrected chi connectivity index (χ0v) is 7.05. The highest BCUT2D eigenvalue weighted by Gasteiger charge is 2.04. The first kappa shape index (κ1) is 10.7. The summed E-state index contributed by atoms with van der Waals surface area (Å²) in [4.78, 5) is 20.8. The molecule has 4 nitrogen and oxygen atoms in total. The first-order valence-corrected chi connectivity index (χ1v) is 3.69. The number of hydrogen-bond donors (Lipinski definition) is 0. The Bertz CT molecular complexity index is 203. The average Bonchev–Trinajstić information content (AvgIpc) is 1.98. The monoisotopic (exact) mass is 170 g/mol. The molecule has 0 aliphatic rings. The number of rotatable bonds is 4. The van der Waals surface area contributed by atoms with E-state index in [-0.39, 0.29) is 24.0 Å². The van der Waals surface area contributed by atoms with Gasteiger partial charge in [-0.25, -0.2) is 0 Å². The second-order valence-corrected chi connectivity index (χ2v) is 2.24. The van der Waals surface area contributed by atoms with Gasteiger partial charge in [0.15, 0.2) is 0 Å². The Hall–Kier alpha value is -1.32. The molecule has 12 heavy (non-hydrogen) atoms. The van der Waals surface area contributed by atoms with E-state index in [9.17, 15) is 19.8 Å². The predicted octanol–water partition coefficient (Wildman–Crippen LogP) is -1.40. The third-order valence-electron chi connectivity index (χ3n) is 1.56. The number of carbonyl (C=O) groups is 2. The van der Waals surface area contributed by atoms with Crippen LogP contribution in [0.5, 0.6) is 0 Å². The van der Waals surface area contributed by atoms with E-state index < -0.39 is 11.9 Å². The Morgan fingerprint density at radius 3 is 1.25 bits per heavy atom. The number of hydrogen-bond acceptors (Lipinski definition) is 4. The molecule has 4 heteroatoms. The van der Waals surface area contributed by atoms with Crippen molar-refractivity contribution in [2.45, 2.75) is 26.7 Å². The van der Waals surface area contributed by atoms with Crippen LogP contribution in [-0.2, 0) is 9.59 Å². The van der Waals surface area contributed by atoms with Gasteiger partial charge in [0.1, 0.15) is 0 Å². The summed E-state index contributed by atoms with van der Waals surface area (Å²) in [5, 5.41) is 20.8. The fourth-order valence-electron chi connectivity index (χ4n) is 0.962. The van der Waals surface area contributed by atoms with E-state index >= 15 is 0 Å². The van der Waals surface area contributed by atoms with E-state index in [1.165, 1.54) is 0 Å². The van der Waals surface area contributed by atoms with Crippen molar-refractivity contribution in [1.82, 2.24) is 0 Å². The third-order valence-corrected chi connectivity index (χ3v) is 1.56. The minimum atomic E-state index is -1.43. The zero-order chi connectivity index (χ0) is 9.72. The van der Waals surface area contributed by atoms with Gasteiger partial charge < -0.3 is 19.8 Å². The molecule has 68 valence electrons. The van der Waals surface area contributed by atoms with E-state index in [1.807, 2.05) is 0 Å². The summed E-state index contributed by atoms with van der Waals surface area (Å²) in [6.45, 7) is 3.12. The molecular formula is C8H10O4-2. The first-order chi connectivity index (χ1) is 5.54. The maximum Gasteiger partial charge on any atom is 0.0678 e. The topological polar surface area (TPSA) is 80.3 Å². The van der Waals surface area contributed by atoms with Gasteiger partial charge in [-0.15, -0.1) is 0 Å². The molecule has 0 aromatic rings. The van der Waals surface area contributed by atoms with E-state index in [0.29, 0.717) is 0 Å². The summed E-state index contributed by atoms with van der Waals surface area (Å²) in [6, 6.07) is 0. The summed E-state index contributed by atoms with van der Waals surface area (Å²) in [5.74, 6) is -2.86.